The molecule has 550 valence electrons. The maximum atomic E-state index is 7.06. The molecule has 0 radical (unpaired) electrons. The minimum absolute atomic E-state index is 0.171. The van der Waals surface area contributed by atoms with Crippen LogP contribution in [0.4, 0.5) is 51.2 Å². The Labute approximate surface area is 691 Å². The summed E-state index contributed by atoms with van der Waals surface area (Å²) in [6.45, 7) is -0.697. The number of hydrogen-bond acceptors (Lipinski definition) is 9. The molecule has 5 aromatic heterocycles. The molecule has 25 rings (SSSR count). The fourth-order valence-electron chi connectivity index (χ4n) is 19.2. The Morgan fingerprint density at radius 2 is 0.458 bits per heavy atom. The molecule has 8 nitrogen and oxygen atoms in total. The van der Waals surface area contributed by atoms with Crippen LogP contribution < -0.4 is 81.0 Å². The van der Waals surface area contributed by atoms with Gasteiger partial charge in [-0.2, -0.15) is 0 Å². The van der Waals surface area contributed by atoms with Gasteiger partial charge in [0.05, 0.1) is 56.4 Å². The fraction of sp³-hybridized carbons (Fsp3) is 0. The predicted octanol–water partition coefficient (Wildman–Crippen LogP) is 19.5. The highest BCUT2D eigenvalue weighted by Crippen LogP contribution is 2.53. The Morgan fingerprint density at radius 3 is 0.780 bits per heavy atom. The highest BCUT2D eigenvalue weighted by Gasteiger charge is 2.49. The van der Waals surface area contributed by atoms with Gasteiger partial charge in [-0.05, 0) is 180 Å². The lowest BCUT2D eigenvalue weighted by Crippen LogP contribution is -2.73. The summed E-state index contributed by atoms with van der Waals surface area (Å²) in [5.41, 5.74) is 30.5. The van der Waals surface area contributed by atoms with E-state index in [2.05, 4.69) is 420 Å². The van der Waals surface area contributed by atoms with Gasteiger partial charge in [-0.15, -0.1) is 0 Å². The van der Waals surface area contributed by atoms with Gasteiger partial charge in [0, 0.05) is 86.0 Å². The van der Waals surface area contributed by atoms with Gasteiger partial charge in [0.15, 0.2) is 0 Å². The molecule has 4 aliphatic rings. The van der Waals surface area contributed by atoms with E-state index in [4.69, 9.17) is 17.7 Å². The van der Waals surface area contributed by atoms with Crippen molar-refractivity contribution in [2.24, 2.45) is 0 Å². The zero-order valence-electron chi connectivity index (χ0n) is 63.7. The van der Waals surface area contributed by atoms with Crippen molar-refractivity contribution in [3.63, 3.8) is 0 Å². The lowest BCUT2D eigenvalue weighted by molar-refractivity contribution is 0.647. The number of anilines is 9. The maximum Gasteiger partial charge on any atom is 0.290 e. The van der Waals surface area contributed by atoms with Gasteiger partial charge >= 0.3 is 0 Å². The van der Waals surface area contributed by atoms with Crippen LogP contribution in [0.1, 0.15) is 0 Å². The number of fused-ring (bicyclic) bond motifs is 19. The molecule has 14 heteroatoms. The van der Waals surface area contributed by atoms with Crippen LogP contribution >= 0.6 is 23.5 Å². The molecule has 4 aliphatic heterocycles. The largest absolute Gasteiger partial charge is 0.471 e. The van der Waals surface area contributed by atoms with Gasteiger partial charge in [-0.1, -0.05) is 288 Å². The zero-order chi connectivity index (χ0) is 77.5. The third-order valence-corrected chi connectivity index (χ3v) is 26.5. The molecule has 0 N–H and O–H groups in total. The second-order valence-electron chi connectivity index (χ2n) is 30.7. The number of para-hydroxylation sites is 12. The molecule has 16 aromatic carbocycles. The molecule has 0 bridgehead atoms. The van der Waals surface area contributed by atoms with Crippen molar-refractivity contribution in [1.82, 2.24) is 4.57 Å². The molecule has 0 amide bonds. The Bertz CT molecular complexity index is 7100. The number of furan rings is 4. The molecular weight excluding hydrogens is 1480 g/mol. The number of aromatic nitrogens is 1. The van der Waals surface area contributed by atoms with E-state index in [0.29, 0.717) is 0 Å². The first-order chi connectivity index (χ1) is 58.6. The topological polar surface area (TPSA) is 67.2 Å². The summed E-state index contributed by atoms with van der Waals surface area (Å²) in [4.78, 5) is 12.1. The fourth-order valence-corrected chi connectivity index (χ4v) is 21.3. The molecular formula is C104H66B4N4O4S2. The lowest BCUT2D eigenvalue weighted by Gasteiger charge is -2.33. The van der Waals surface area contributed by atoms with Crippen LogP contribution in [0.15, 0.2) is 438 Å². The van der Waals surface area contributed by atoms with Gasteiger partial charge in [0.2, 0.25) is 0 Å². The van der Waals surface area contributed by atoms with Crippen molar-refractivity contribution in [3.05, 3.63) is 400 Å². The Balaban J connectivity index is 0.000000135. The van der Waals surface area contributed by atoms with E-state index >= 15 is 0 Å². The summed E-state index contributed by atoms with van der Waals surface area (Å²) in [5.74, 6) is 0. The minimum Gasteiger partial charge on any atom is -0.471 e. The molecule has 0 aliphatic carbocycles. The molecule has 0 unspecified atom stereocenters. The van der Waals surface area contributed by atoms with E-state index in [1.165, 1.54) is 75.1 Å². The van der Waals surface area contributed by atoms with E-state index in [1.54, 1.807) is 0 Å². The lowest BCUT2D eigenvalue weighted by atomic mass is 9.24. The molecule has 0 saturated heterocycles. The Hall–Kier alpha value is -14.2. The van der Waals surface area contributed by atoms with Crippen molar-refractivity contribution in [2.75, 3.05) is 14.7 Å². The summed E-state index contributed by atoms with van der Waals surface area (Å²) in [6.07, 6.45) is 0. The standard InChI is InChI=1S/C52H32B2N2O2S2.C52H34B2N2O2/c1-7-19-43-37(13-1)49-51(57-43)54(34-27-31-36(32-28-34)56-41-17-5-11-23-47(41)60-48-24-12-6-18-42(48)56)50-38-14-2-8-20-44(38)58-52(50)53(49)33-25-29-35(30-26-33)55-39-15-3-9-21-45(39)59-46-22-10-4-16-40(46)55;1-3-15-37(16-4-1)55(38-17-5-2-6-18-38)39-31-27-35(28-32-39)53-49-43-21-9-13-25-47(43)58-52(49)54(50-44-22-10-14-26-48(44)57-51(50)53)36-29-33-40(34-30-36)56-45-23-11-7-19-41(45)42-20-8-12-24-46(42)56/h1-32H;1-34H. The van der Waals surface area contributed by atoms with E-state index in [-0.39, 0.29) is 26.9 Å². The monoisotopic (exact) mass is 1540 g/mol. The Kier molecular flexibility index (Phi) is 16.1. The molecule has 118 heavy (non-hydrogen) atoms. The first-order valence-corrected chi connectivity index (χ1v) is 41.9. The SMILES string of the molecule is c1ccc(N(c2ccccc2)c2ccc(B3c4oc5ccccc5c4B(c4ccc(-n5c6ccccc6c6ccccc65)cc4)c4oc5ccccc5c43)cc2)cc1.c1ccc2c(c1)Sc1ccccc1N2c1ccc(B2c3oc4ccccc4c3B(c3ccc(N4c5ccccc5Sc5ccccc54)cc3)c3oc4ccccc4c32)cc1. The number of nitrogens with zero attached hydrogens (tertiary/aromatic N) is 4. The number of hydrogen-bond donors (Lipinski definition) is 0. The molecule has 0 spiro atoms. The zero-order valence-corrected chi connectivity index (χ0v) is 65.3. The first kappa shape index (κ1) is 68.3. The maximum absolute atomic E-state index is 7.06. The molecule has 21 aromatic rings. The third kappa shape index (κ3) is 10.9. The van der Waals surface area contributed by atoms with Crippen LogP contribution in [0.2, 0.25) is 0 Å². The molecule has 0 atom stereocenters. The average molecular weight is 1540 g/mol. The van der Waals surface area contributed by atoms with Crippen molar-refractivity contribution < 1.29 is 17.7 Å². The predicted molar refractivity (Wildman–Crippen MR) is 496 cm³/mol. The quantitative estimate of drug-likeness (QED) is 0.125. The van der Waals surface area contributed by atoms with Crippen LogP contribution in [0, 0.1) is 0 Å². The first-order valence-electron chi connectivity index (χ1n) is 40.2. The van der Waals surface area contributed by atoms with Crippen LogP contribution in [-0.2, 0) is 0 Å². The normalized spacial score (nSPS) is 13.1. The third-order valence-electron chi connectivity index (χ3n) is 24.3. The Morgan fingerprint density at radius 1 is 0.212 bits per heavy atom. The van der Waals surface area contributed by atoms with Crippen molar-refractivity contribution in [2.45, 2.75) is 19.6 Å². The smallest absolute Gasteiger partial charge is 0.290 e. The van der Waals surface area contributed by atoms with Gasteiger partial charge in [0.1, 0.15) is 22.3 Å². The van der Waals surface area contributed by atoms with E-state index < -0.39 is 0 Å². The summed E-state index contributed by atoms with van der Waals surface area (Å²) < 4.78 is 30.5. The van der Waals surface area contributed by atoms with Crippen LogP contribution in [-0.4, -0.2) is 31.4 Å². The number of rotatable bonds is 10. The second kappa shape index (κ2) is 27.8. The van der Waals surface area contributed by atoms with Gasteiger partial charge in [0.25, 0.3) is 26.9 Å². The molecule has 0 saturated carbocycles. The van der Waals surface area contributed by atoms with Crippen LogP contribution in [0.25, 0.3) is 71.4 Å². The van der Waals surface area contributed by atoms with Gasteiger partial charge in [-0.25, -0.2) is 0 Å². The van der Waals surface area contributed by atoms with E-state index in [0.717, 1.165) is 133 Å². The summed E-state index contributed by atoms with van der Waals surface area (Å²) in [5, 5.41) is 6.96. The number of benzene rings is 16. The van der Waals surface area contributed by atoms with Crippen LogP contribution in [0.3, 0.4) is 0 Å². The van der Waals surface area contributed by atoms with Crippen molar-refractivity contribution in [1.29, 1.82) is 0 Å². The van der Waals surface area contributed by atoms with Gasteiger partial charge < -0.3 is 36.9 Å². The van der Waals surface area contributed by atoms with E-state index in [9.17, 15) is 0 Å². The minimum atomic E-state index is -0.176. The van der Waals surface area contributed by atoms with Crippen molar-refractivity contribution >= 4 is 234 Å². The highest BCUT2D eigenvalue weighted by atomic mass is 32.2. The molecule has 0 fully saturated rings. The van der Waals surface area contributed by atoms with Gasteiger partial charge in [-0.3, -0.25) is 0 Å². The highest BCUT2D eigenvalue weighted by molar-refractivity contribution is 8.00. The van der Waals surface area contributed by atoms with Crippen molar-refractivity contribution in [3.8, 4) is 5.69 Å². The summed E-state index contributed by atoms with van der Waals surface area (Å²) in [6, 6.07) is 143. The summed E-state index contributed by atoms with van der Waals surface area (Å²) in [7, 11) is 0. The second-order valence-corrected chi connectivity index (χ2v) is 32.9. The van der Waals surface area contributed by atoms with Crippen LogP contribution in [0.5, 0.6) is 0 Å². The molecule has 9 heterocycles. The van der Waals surface area contributed by atoms with E-state index in [1.807, 2.05) is 23.5 Å². The summed E-state index contributed by atoms with van der Waals surface area (Å²) >= 11 is 3.66. The average Bonchev–Trinajstić information content (AvgIpc) is 1.54.